The highest BCUT2D eigenvalue weighted by Gasteiger charge is 2.43. The predicted molar refractivity (Wildman–Crippen MR) is 122 cm³/mol. The molecule has 1 aliphatic carbocycles. The number of carbonyl (C=O) groups is 1. The molecule has 3 aromatic rings. The number of nitrogens with zero attached hydrogens (tertiary/aromatic N) is 3. The van der Waals surface area contributed by atoms with Crippen LogP contribution in [0.3, 0.4) is 0 Å². The molecule has 156 valence electrons. The van der Waals surface area contributed by atoms with Crippen molar-refractivity contribution in [3.8, 4) is 0 Å². The summed E-state index contributed by atoms with van der Waals surface area (Å²) in [6, 6.07) is 18.6. The maximum atomic E-state index is 12.4. The van der Waals surface area contributed by atoms with Crippen LogP contribution in [0.1, 0.15) is 61.9 Å². The van der Waals surface area contributed by atoms with Crippen molar-refractivity contribution in [1.82, 2.24) is 14.8 Å². The maximum absolute atomic E-state index is 12.4. The van der Waals surface area contributed by atoms with Crippen molar-refractivity contribution in [1.29, 1.82) is 0 Å². The van der Waals surface area contributed by atoms with E-state index >= 15 is 0 Å². The van der Waals surface area contributed by atoms with E-state index in [1.807, 2.05) is 18.2 Å². The lowest BCUT2D eigenvalue weighted by Gasteiger charge is -2.09. The van der Waals surface area contributed by atoms with Crippen LogP contribution in [0.5, 0.6) is 0 Å². The molecule has 0 bridgehead atoms. The van der Waals surface area contributed by atoms with Gasteiger partial charge in [-0.15, -0.1) is 10.2 Å². The van der Waals surface area contributed by atoms with E-state index in [1.54, 1.807) is 0 Å². The summed E-state index contributed by atoms with van der Waals surface area (Å²) in [6.45, 7) is 7.23. The van der Waals surface area contributed by atoms with Gasteiger partial charge in [-0.3, -0.25) is 4.79 Å². The lowest BCUT2D eigenvalue weighted by atomic mass is 10.0. The maximum Gasteiger partial charge on any atom is 0.234 e. The van der Waals surface area contributed by atoms with Crippen LogP contribution < -0.4 is 5.32 Å². The molecule has 0 radical (unpaired) electrons. The Morgan fingerprint density at radius 3 is 2.50 bits per heavy atom. The van der Waals surface area contributed by atoms with Gasteiger partial charge in [0.1, 0.15) is 5.82 Å². The Bertz CT molecular complexity index is 998. The number of nitrogens with one attached hydrogen (secondary N) is 1. The molecule has 1 amide bonds. The van der Waals surface area contributed by atoms with Gasteiger partial charge < -0.3 is 9.88 Å². The van der Waals surface area contributed by atoms with E-state index in [-0.39, 0.29) is 5.91 Å². The van der Waals surface area contributed by atoms with Gasteiger partial charge in [0, 0.05) is 18.2 Å². The summed E-state index contributed by atoms with van der Waals surface area (Å²) >= 11 is 1.45. The fourth-order valence-electron chi connectivity index (χ4n) is 3.81. The number of thioether (sulfide) groups is 1. The van der Waals surface area contributed by atoms with E-state index in [0.717, 1.165) is 29.6 Å². The van der Waals surface area contributed by atoms with Crippen LogP contribution in [0.15, 0.2) is 59.8 Å². The van der Waals surface area contributed by atoms with Crippen LogP contribution in [0.4, 0.5) is 5.69 Å². The van der Waals surface area contributed by atoms with Crippen molar-refractivity contribution >= 4 is 23.4 Å². The topological polar surface area (TPSA) is 59.8 Å². The number of hydrogen-bond donors (Lipinski definition) is 1. The molecular weight excluding hydrogens is 392 g/mol. The summed E-state index contributed by atoms with van der Waals surface area (Å²) in [5, 5.41) is 12.6. The standard InChI is InChI=1S/C24H28N4OS/c1-4-28-23(21-14-20(21)18-8-6-5-7-9-18)26-27-24(28)30-15-22(29)25-19-12-10-17(11-13-19)16(2)3/h5-13,16,20-21H,4,14-15H2,1-3H3,(H,25,29). The van der Waals surface area contributed by atoms with E-state index < -0.39 is 0 Å². The summed E-state index contributed by atoms with van der Waals surface area (Å²) in [5.41, 5.74) is 3.45. The minimum atomic E-state index is -0.0296. The van der Waals surface area contributed by atoms with E-state index in [9.17, 15) is 4.79 Å². The first kappa shape index (κ1) is 20.7. The van der Waals surface area contributed by atoms with Gasteiger partial charge in [-0.25, -0.2) is 0 Å². The van der Waals surface area contributed by atoms with Crippen LogP contribution in [0, 0.1) is 0 Å². The highest BCUT2D eigenvalue weighted by atomic mass is 32.2. The number of hydrogen-bond acceptors (Lipinski definition) is 4. The fraction of sp³-hybridized carbons (Fsp3) is 0.375. The molecule has 5 nitrogen and oxygen atoms in total. The number of amides is 1. The van der Waals surface area contributed by atoms with E-state index in [0.29, 0.717) is 23.5 Å². The first-order chi connectivity index (χ1) is 14.6. The fourth-order valence-corrected chi connectivity index (χ4v) is 4.62. The van der Waals surface area contributed by atoms with Crippen molar-refractivity contribution in [2.45, 2.75) is 56.6 Å². The molecule has 1 aliphatic rings. The molecule has 30 heavy (non-hydrogen) atoms. The predicted octanol–water partition coefficient (Wildman–Crippen LogP) is 5.42. The smallest absolute Gasteiger partial charge is 0.234 e. The molecule has 1 N–H and O–H groups in total. The van der Waals surface area contributed by atoms with Gasteiger partial charge in [-0.05, 0) is 48.4 Å². The highest BCUT2D eigenvalue weighted by molar-refractivity contribution is 7.99. The molecule has 1 aromatic heterocycles. The minimum absolute atomic E-state index is 0.0296. The first-order valence-corrected chi connectivity index (χ1v) is 11.6. The zero-order valence-electron chi connectivity index (χ0n) is 17.7. The third-order valence-corrected chi connectivity index (χ3v) is 6.57. The van der Waals surface area contributed by atoms with Crippen LogP contribution >= 0.6 is 11.8 Å². The zero-order chi connectivity index (χ0) is 21.1. The summed E-state index contributed by atoms with van der Waals surface area (Å²) in [4.78, 5) is 12.4. The Labute approximate surface area is 182 Å². The lowest BCUT2D eigenvalue weighted by Crippen LogP contribution is -2.14. The van der Waals surface area contributed by atoms with Crippen molar-refractivity contribution in [2.24, 2.45) is 0 Å². The number of carbonyl (C=O) groups excluding carboxylic acids is 1. The molecule has 2 unspecified atom stereocenters. The second-order valence-corrected chi connectivity index (χ2v) is 9.00. The second kappa shape index (κ2) is 9.04. The van der Waals surface area contributed by atoms with Crippen molar-refractivity contribution in [2.75, 3.05) is 11.1 Å². The molecule has 2 aromatic carbocycles. The molecule has 4 rings (SSSR count). The van der Waals surface area contributed by atoms with Crippen LogP contribution in [0.2, 0.25) is 0 Å². The molecule has 1 fully saturated rings. The highest BCUT2D eigenvalue weighted by Crippen LogP contribution is 2.54. The minimum Gasteiger partial charge on any atom is -0.325 e. The molecule has 0 spiro atoms. The van der Waals surface area contributed by atoms with Gasteiger partial charge in [-0.1, -0.05) is 68.1 Å². The second-order valence-electron chi connectivity index (χ2n) is 8.06. The van der Waals surface area contributed by atoms with Crippen molar-refractivity contribution < 1.29 is 4.79 Å². The van der Waals surface area contributed by atoms with Gasteiger partial charge in [0.25, 0.3) is 0 Å². The molecule has 1 heterocycles. The number of aromatic nitrogens is 3. The Morgan fingerprint density at radius 2 is 1.83 bits per heavy atom. The van der Waals surface area contributed by atoms with Crippen LogP contribution in [0.25, 0.3) is 0 Å². The van der Waals surface area contributed by atoms with Crippen LogP contribution in [-0.2, 0) is 11.3 Å². The summed E-state index contributed by atoms with van der Waals surface area (Å²) in [7, 11) is 0. The van der Waals surface area contributed by atoms with Gasteiger partial charge in [0.15, 0.2) is 5.16 Å². The number of rotatable bonds is 8. The lowest BCUT2D eigenvalue weighted by molar-refractivity contribution is -0.113. The van der Waals surface area contributed by atoms with Gasteiger partial charge in [0.05, 0.1) is 5.75 Å². The average molecular weight is 421 g/mol. The van der Waals surface area contributed by atoms with Crippen molar-refractivity contribution in [3.05, 3.63) is 71.5 Å². The first-order valence-electron chi connectivity index (χ1n) is 10.6. The van der Waals surface area contributed by atoms with Crippen molar-refractivity contribution in [3.63, 3.8) is 0 Å². The molecule has 2 atom stereocenters. The number of benzene rings is 2. The molecule has 0 aliphatic heterocycles. The Kier molecular flexibility index (Phi) is 6.23. The molecule has 1 saturated carbocycles. The monoisotopic (exact) mass is 420 g/mol. The van der Waals surface area contributed by atoms with Gasteiger partial charge >= 0.3 is 0 Å². The summed E-state index contributed by atoms with van der Waals surface area (Å²) < 4.78 is 2.16. The normalized spacial score (nSPS) is 17.9. The summed E-state index contributed by atoms with van der Waals surface area (Å²) in [5.74, 6) is 2.75. The Morgan fingerprint density at radius 1 is 1.10 bits per heavy atom. The SMILES string of the molecule is CCn1c(SCC(=O)Nc2ccc(C(C)C)cc2)nnc1C1CC1c1ccccc1. The quantitative estimate of drug-likeness (QED) is 0.494. The molecule has 0 saturated heterocycles. The van der Waals surface area contributed by atoms with E-state index in [2.05, 4.69) is 77.3 Å². The third-order valence-electron chi connectivity index (χ3n) is 5.60. The largest absolute Gasteiger partial charge is 0.325 e. The van der Waals surface area contributed by atoms with Crippen LogP contribution in [-0.4, -0.2) is 26.4 Å². The Hall–Kier alpha value is -2.60. The summed E-state index contributed by atoms with van der Waals surface area (Å²) in [6.07, 6.45) is 1.11. The van der Waals surface area contributed by atoms with Gasteiger partial charge in [0.2, 0.25) is 5.91 Å². The molecular formula is C24H28N4OS. The third kappa shape index (κ3) is 4.59. The number of anilines is 1. The average Bonchev–Trinajstić information content (AvgIpc) is 3.45. The zero-order valence-corrected chi connectivity index (χ0v) is 18.5. The van der Waals surface area contributed by atoms with Gasteiger partial charge in [-0.2, -0.15) is 0 Å². The molecule has 6 heteroatoms. The van der Waals surface area contributed by atoms with E-state index in [1.165, 1.54) is 22.9 Å². The van der Waals surface area contributed by atoms with E-state index in [4.69, 9.17) is 0 Å². The Balaban J connectivity index is 1.35.